The second-order valence-electron chi connectivity index (χ2n) is 3.54. The molecule has 0 radical (unpaired) electrons. The Morgan fingerprint density at radius 1 is 1.33 bits per heavy atom. The summed E-state index contributed by atoms with van der Waals surface area (Å²) < 4.78 is 26.7. The molecule has 1 aromatic carbocycles. The van der Waals surface area contributed by atoms with Crippen molar-refractivity contribution in [2.75, 3.05) is 11.4 Å². The topological polar surface area (TPSA) is 46.3 Å². The van der Waals surface area contributed by atoms with Gasteiger partial charge in [0.2, 0.25) is 5.91 Å². The van der Waals surface area contributed by atoms with Crippen LogP contribution in [0.1, 0.15) is 6.42 Å². The van der Waals surface area contributed by atoms with Crippen molar-refractivity contribution in [3.8, 4) is 0 Å². The van der Waals surface area contributed by atoms with E-state index in [1.807, 2.05) is 0 Å². The van der Waals surface area contributed by atoms with E-state index in [9.17, 15) is 13.6 Å². The maximum atomic E-state index is 13.3. The third-order valence-electron chi connectivity index (χ3n) is 2.36. The summed E-state index contributed by atoms with van der Waals surface area (Å²) in [6.45, 7) is 0.163. The van der Waals surface area contributed by atoms with Crippen LogP contribution in [0.25, 0.3) is 0 Å². The first kappa shape index (κ1) is 10.0. The van der Waals surface area contributed by atoms with Gasteiger partial charge in [-0.05, 0) is 12.1 Å². The molecule has 80 valence electrons. The molecule has 3 nitrogen and oxygen atoms in total. The number of hydrogen-bond acceptors (Lipinski definition) is 2. The molecule has 0 spiro atoms. The van der Waals surface area contributed by atoms with Crippen molar-refractivity contribution in [3.05, 3.63) is 29.8 Å². The Kier molecular flexibility index (Phi) is 2.40. The van der Waals surface area contributed by atoms with Gasteiger partial charge in [0, 0.05) is 19.0 Å². The molecule has 1 aliphatic heterocycles. The standard InChI is InChI=1S/C10H10F2N2O/c11-7-2-1-3-8(12)10(7)14-5-6(13)4-9(14)15/h1-3,6H,4-5,13H2. The van der Waals surface area contributed by atoms with Crippen molar-refractivity contribution in [2.24, 2.45) is 5.73 Å². The highest BCUT2D eigenvalue weighted by atomic mass is 19.1. The van der Waals surface area contributed by atoms with Gasteiger partial charge in [0.15, 0.2) is 0 Å². The van der Waals surface area contributed by atoms with E-state index in [1.165, 1.54) is 6.07 Å². The predicted molar refractivity (Wildman–Crippen MR) is 51.3 cm³/mol. The van der Waals surface area contributed by atoms with E-state index in [4.69, 9.17) is 5.73 Å². The SMILES string of the molecule is NC1CC(=O)N(c2c(F)cccc2F)C1. The van der Waals surface area contributed by atoms with Crippen molar-refractivity contribution in [2.45, 2.75) is 12.5 Å². The molecule has 1 atom stereocenters. The van der Waals surface area contributed by atoms with Crippen molar-refractivity contribution >= 4 is 11.6 Å². The fraction of sp³-hybridized carbons (Fsp3) is 0.300. The van der Waals surface area contributed by atoms with Crippen LogP contribution in [-0.2, 0) is 4.79 Å². The van der Waals surface area contributed by atoms with Gasteiger partial charge in [-0.15, -0.1) is 0 Å². The Balaban J connectivity index is 2.41. The number of benzene rings is 1. The first-order valence-corrected chi connectivity index (χ1v) is 4.59. The van der Waals surface area contributed by atoms with E-state index in [2.05, 4.69) is 0 Å². The van der Waals surface area contributed by atoms with Crippen LogP contribution in [0.4, 0.5) is 14.5 Å². The lowest BCUT2D eigenvalue weighted by atomic mass is 10.2. The predicted octanol–water partition coefficient (Wildman–Crippen LogP) is 1.03. The molecule has 1 saturated heterocycles. The molecule has 1 aliphatic rings. The summed E-state index contributed by atoms with van der Waals surface area (Å²) >= 11 is 0. The van der Waals surface area contributed by atoms with Crippen LogP contribution in [0.5, 0.6) is 0 Å². The second kappa shape index (κ2) is 3.58. The van der Waals surface area contributed by atoms with Crippen molar-refractivity contribution < 1.29 is 13.6 Å². The quantitative estimate of drug-likeness (QED) is 0.755. The largest absolute Gasteiger partial charge is 0.326 e. The first-order valence-electron chi connectivity index (χ1n) is 4.59. The van der Waals surface area contributed by atoms with Crippen LogP contribution in [0.15, 0.2) is 18.2 Å². The second-order valence-corrected chi connectivity index (χ2v) is 3.54. The number of carbonyl (C=O) groups excluding carboxylic acids is 1. The molecule has 1 fully saturated rings. The van der Waals surface area contributed by atoms with Crippen LogP contribution < -0.4 is 10.6 Å². The van der Waals surface area contributed by atoms with Gasteiger partial charge in [0.1, 0.15) is 17.3 Å². The summed E-state index contributed by atoms with van der Waals surface area (Å²) in [4.78, 5) is 12.5. The highest BCUT2D eigenvalue weighted by Crippen LogP contribution is 2.26. The van der Waals surface area contributed by atoms with Gasteiger partial charge in [0.25, 0.3) is 0 Å². The number of nitrogens with two attached hydrogens (primary N) is 1. The highest BCUT2D eigenvalue weighted by Gasteiger charge is 2.31. The van der Waals surface area contributed by atoms with Gasteiger partial charge < -0.3 is 10.6 Å². The molecule has 0 aliphatic carbocycles. The summed E-state index contributed by atoms with van der Waals surface area (Å²) in [5.74, 6) is -1.82. The zero-order valence-electron chi connectivity index (χ0n) is 7.91. The molecule has 1 amide bonds. The average molecular weight is 212 g/mol. The molecular formula is C10H10F2N2O. The molecule has 15 heavy (non-hydrogen) atoms. The van der Waals surface area contributed by atoms with Gasteiger partial charge in [-0.3, -0.25) is 4.79 Å². The molecule has 5 heteroatoms. The van der Waals surface area contributed by atoms with E-state index in [0.29, 0.717) is 0 Å². The zero-order valence-corrected chi connectivity index (χ0v) is 7.91. The van der Waals surface area contributed by atoms with Gasteiger partial charge in [-0.1, -0.05) is 6.07 Å². The fourth-order valence-electron chi connectivity index (χ4n) is 1.70. The van der Waals surface area contributed by atoms with Gasteiger partial charge in [-0.25, -0.2) is 8.78 Å². The van der Waals surface area contributed by atoms with Crippen molar-refractivity contribution in [3.63, 3.8) is 0 Å². The minimum Gasteiger partial charge on any atom is -0.326 e. The average Bonchev–Trinajstić information content (AvgIpc) is 2.45. The number of rotatable bonds is 1. The molecule has 0 aromatic heterocycles. The van der Waals surface area contributed by atoms with E-state index in [-0.39, 0.29) is 30.6 Å². The Morgan fingerprint density at radius 3 is 2.40 bits per heavy atom. The number of nitrogens with zero attached hydrogens (tertiary/aromatic N) is 1. The van der Waals surface area contributed by atoms with Crippen molar-refractivity contribution in [1.29, 1.82) is 0 Å². The molecule has 1 heterocycles. The smallest absolute Gasteiger partial charge is 0.228 e. The van der Waals surface area contributed by atoms with E-state index in [0.717, 1.165) is 17.0 Å². The van der Waals surface area contributed by atoms with Crippen LogP contribution >= 0.6 is 0 Å². The Hall–Kier alpha value is -1.49. The molecule has 1 aromatic rings. The number of para-hydroxylation sites is 1. The number of halogens is 2. The van der Waals surface area contributed by atoms with Gasteiger partial charge in [-0.2, -0.15) is 0 Å². The fourth-order valence-corrected chi connectivity index (χ4v) is 1.70. The van der Waals surface area contributed by atoms with E-state index >= 15 is 0 Å². The highest BCUT2D eigenvalue weighted by molar-refractivity contribution is 5.96. The minimum absolute atomic E-state index is 0.133. The maximum Gasteiger partial charge on any atom is 0.228 e. The summed E-state index contributed by atoms with van der Waals surface area (Å²) in [6.07, 6.45) is 0.133. The Bertz CT molecular complexity index is 388. The third-order valence-corrected chi connectivity index (χ3v) is 2.36. The van der Waals surface area contributed by atoms with Crippen molar-refractivity contribution in [1.82, 2.24) is 0 Å². The number of hydrogen-bond donors (Lipinski definition) is 1. The number of carbonyl (C=O) groups is 1. The Labute approximate surface area is 85.5 Å². The van der Waals surface area contributed by atoms with Gasteiger partial charge in [0.05, 0.1) is 0 Å². The summed E-state index contributed by atoms with van der Waals surface area (Å²) in [7, 11) is 0. The number of anilines is 1. The molecule has 1 unspecified atom stereocenters. The van der Waals surface area contributed by atoms with Crippen LogP contribution in [-0.4, -0.2) is 18.5 Å². The first-order chi connectivity index (χ1) is 7.09. The zero-order chi connectivity index (χ0) is 11.0. The normalized spacial score (nSPS) is 21.1. The molecule has 0 saturated carbocycles. The monoisotopic (exact) mass is 212 g/mol. The molecule has 2 N–H and O–H groups in total. The van der Waals surface area contributed by atoms with Gasteiger partial charge >= 0.3 is 0 Å². The summed E-state index contributed by atoms with van der Waals surface area (Å²) in [6, 6.07) is 3.15. The lowest BCUT2D eigenvalue weighted by molar-refractivity contribution is -0.117. The van der Waals surface area contributed by atoms with Crippen LogP contribution in [0, 0.1) is 11.6 Å². The lowest BCUT2D eigenvalue weighted by Crippen LogP contribution is -2.29. The summed E-state index contributed by atoms with van der Waals surface area (Å²) in [5, 5.41) is 0. The summed E-state index contributed by atoms with van der Waals surface area (Å²) in [5.41, 5.74) is 5.25. The maximum absolute atomic E-state index is 13.3. The van der Waals surface area contributed by atoms with E-state index in [1.54, 1.807) is 0 Å². The van der Waals surface area contributed by atoms with E-state index < -0.39 is 11.6 Å². The van der Waals surface area contributed by atoms with Crippen LogP contribution in [0.3, 0.4) is 0 Å². The number of amides is 1. The Morgan fingerprint density at radius 2 is 1.93 bits per heavy atom. The van der Waals surface area contributed by atoms with Crippen LogP contribution in [0.2, 0.25) is 0 Å². The lowest BCUT2D eigenvalue weighted by Gasteiger charge is -2.17. The minimum atomic E-state index is -0.738. The molecule has 0 bridgehead atoms. The molecular weight excluding hydrogens is 202 g/mol. The third kappa shape index (κ3) is 1.70. The molecule has 2 rings (SSSR count).